The van der Waals surface area contributed by atoms with Crippen molar-refractivity contribution in [3.63, 3.8) is 0 Å². The zero-order chi connectivity index (χ0) is 26.5. The van der Waals surface area contributed by atoms with Crippen molar-refractivity contribution < 1.29 is 29.9 Å². The van der Waals surface area contributed by atoms with E-state index < -0.39 is 6.10 Å². The maximum atomic E-state index is 10.3. The van der Waals surface area contributed by atoms with Crippen LogP contribution in [0.5, 0.6) is 28.7 Å². The lowest BCUT2D eigenvalue weighted by Crippen LogP contribution is -2.33. The number of hydrogen-bond donors (Lipinski definition) is 4. The fourth-order valence-electron chi connectivity index (χ4n) is 5.13. The molecule has 1 aliphatic heterocycles. The van der Waals surface area contributed by atoms with Crippen LogP contribution in [0.15, 0.2) is 30.3 Å². The van der Waals surface area contributed by atoms with Crippen LogP contribution in [0.25, 0.3) is 0 Å². The van der Waals surface area contributed by atoms with Gasteiger partial charge < -0.3 is 29.9 Å². The van der Waals surface area contributed by atoms with Gasteiger partial charge in [0.05, 0.1) is 0 Å². The van der Waals surface area contributed by atoms with E-state index in [-0.39, 0.29) is 29.1 Å². The molecule has 0 aromatic heterocycles. The Morgan fingerprint density at radius 3 is 1.89 bits per heavy atom. The fraction of sp³-hybridized carbons (Fsp3) is 0.613. The molecular formula is C31H46O6. The topological polar surface area (TPSA) is 99.4 Å². The summed E-state index contributed by atoms with van der Waals surface area (Å²) in [6, 6.07) is 7.37. The van der Waals surface area contributed by atoms with Crippen molar-refractivity contribution in [1.29, 1.82) is 0 Å². The van der Waals surface area contributed by atoms with Crippen molar-refractivity contribution in [3.8, 4) is 28.7 Å². The Morgan fingerprint density at radius 2 is 1.30 bits per heavy atom. The standard InChI is InChI=1S/C31H46O6/c1-2-3-4-5-6-7-8-9-10-11-12-13-14-15-18-36-30-22-25-27(34)20-24(32)21-29(25)37-31(30)23-16-17-26(33)28(35)19-23/h16-17,19-21,30-35H,2-15,18,22H2,1H3. The van der Waals surface area contributed by atoms with E-state index in [9.17, 15) is 20.4 Å². The monoisotopic (exact) mass is 514 g/mol. The minimum absolute atomic E-state index is 0.0212. The molecule has 3 rings (SSSR count). The molecule has 0 saturated heterocycles. The van der Waals surface area contributed by atoms with Crippen molar-refractivity contribution in [1.82, 2.24) is 0 Å². The van der Waals surface area contributed by atoms with Crippen LogP contribution in [-0.4, -0.2) is 33.1 Å². The lowest BCUT2D eigenvalue weighted by Gasteiger charge is -2.34. The van der Waals surface area contributed by atoms with E-state index in [1.54, 1.807) is 6.07 Å². The van der Waals surface area contributed by atoms with Crippen molar-refractivity contribution in [2.75, 3.05) is 6.61 Å². The smallest absolute Gasteiger partial charge is 0.157 e. The van der Waals surface area contributed by atoms with Crippen LogP contribution >= 0.6 is 0 Å². The van der Waals surface area contributed by atoms with Gasteiger partial charge in [-0.25, -0.2) is 0 Å². The third-order valence-corrected chi connectivity index (χ3v) is 7.32. The maximum Gasteiger partial charge on any atom is 0.157 e. The highest BCUT2D eigenvalue weighted by Gasteiger charge is 2.34. The number of unbranched alkanes of at least 4 members (excludes halogenated alkanes) is 13. The average molecular weight is 515 g/mol. The molecule has 2 unspecified atom stereocenters. The predicted octanol–water partition coefficient (Wildman–Crippen LogP) is 8.05. The summed E-state index contributed by atoms with van der Waals surface area (Å²) in [7, 11) is 0. The molecule has 0 aliphatic carbocycles. The van der Waals surface area contributed by atoms with E-state index in [4.69, 9.17) is 9.47 Å². The summed E-state index contributed by atoms with van der Waals surface area (Å²) < 4.78 is 12.4. The van der Waals surface area contributed by atoms with Crippen molar-refractivity contribution in [2.24, 2.45) is 0 Å². The van der Waals surface area contributed by atoms with Crippen molar-refractivity contribution in [2.45, 2.75) is 115 Å². The van der Waals surface area contributed by atoms with E-state index in [0.29, 0.717) is 29.9 Å². The van der Waals surface area contributed by atoms with E-state index in [1.807, 2.05) is 0 Å². The van der Waals surface area contributed by atoms with Gasteiger partial charge in [-0.2, -0.15) is 0 Å². The largest absolute Gasteiger partial charge is 0.508 e. The number of fused-ring (bicyclic) bond motifs is 1. The summed E-state index contributed by atoms with van der Waals surface area (Å²) in [5, 5.41) is 39.9. The van der Waals surface area contributed by atoms with E-state index >= 15 is 0 Å². The molecule has 1 heterocycles. The fourth-order valence-corrected chi connectivity index (χ4v) is 5.13. The Bertz CT molecular complexity index is 944. The van der Waals surface area contributed by atoms with Crippen LogP contribution in [0.2, 0.25) is 0 Å². The first-order chi connectivity index (χ1) is 18.0. The van der Waals surface area contributed by atoms with Gasteiger partial charge in [-0.1, -0.05) is 96.5 Å². The molecule has 2 aromatic carbocycles. The number of aromatic hydroxyl groups is 4. The molecule has 206 valence electrons. The summed E-state index contributed by atoms with van der Waals surface area (Å²) in [6.07, 6.45) is 17.7. The quantitative estimate of drug-likeness (QED) is 0.126. The number of hydrogen-bond acceptors (Lipinski definition) is 6. The Morgan fingerprint density at radius 1 is 0.703 bits per heavy atom. The third-order valence-electron chi connectivity index (χ3n) is 7.32. The molecule has 0 spiro atoms. The van der Waals surface area contributed by atoms with Gasteiger partial charge in [-0.05, 0) is 24.1 Å². The van der Waals surface area contributed by atoms with Gasteiger partial charge in [0, 0.05) is 30.7 Å². The van der Waals surface area contributed by atoms with E-state index in [0.717, 1.165) is 12.8 Å². The molecule has 2 atom stereocenters. The van der Waals surface area contributed by atoms with Crippen LogP contribution in [0.3, 0.4) is 0 Å². The lowest BCUT2D eigenvalue weighted by atomic mass is 9.93. The molecule has 0 fully saturated rings. The highest BCUT2D eigenvalue weighted by atomic mass is 16.5. The molecule has 4 N–H and O–H groups in total. The van der Waals surface area contributed by atoms with Gasteiger partial charge >= 0.3 is 0 Å². The zero-order valence-electron chi connectivity index (χ0n) is 22.5. The molecule has 0 amide bonds. The second kappa shape index (κ2) is 15.6. The second-order valence-electron chi connectivity index (χ2n) is 10.4. The number of phenolic OH excluding ortho intramolecular Hbond substituents is 4. The number of phenols is 4. The van der Waals surface area contributed by atoms with Crippen LogP contribution in [0, 0.1) is 0 Å². The van der Waals surface area contributed by atoms with Crippen molar-refractivity contribution in [3.05, 3.63) is 41.5 Å². The minimum atomic E-state index is -0.535. The minimum Gasteiger partial charge on any atom is -0.508 e. The van der Waals surface area contributed by atoms with Crippen LogP contribution in [0.4, 0.5) is 0 Å². The molecule has 37 heavy (non-hydrogen) atoms. The molecule has 0 bridgehead atoms. The van der Waals surface area contributed by atoms with Crippen LogP contribution in [-0.2, 0) is 11.2 Å². The van der Waals surface area contributed by atoms with E-state index in [1.165, 1.54) is 101 Å². The lowest BCUT2D eigenvalue weighted by molar-refractivity contribution is -0.0393. The normalized spacial score (nSPS) is 16.9. The molecular weight excluding hydrogens is 468 g/mol. The molecule has 0 saturated carbocycles. The summed E-state index contributed by atoms with van der Waals surface area (Å²) in [5.74, 6) is -0.129. The van der Waals surface area contributed by atoms with Gasteiger partial charge in [0.2, 0.25) is 0 Å². The van der Waals surface area contributed by atoms with Gasteiger partial charge in [-0.3, -0.25) is 0 Å². The summed E-state index contributed by atoms with van der Waals surface area (Å²) in [4.78, 5) is 0. The third kappa shape index (κ3) is 9.33. The Hall–Kier alpha value is -2.60. The van der Waals surface area contributed by atoms with Crippen molar-refractivity contribution >= 4 is 0 Å². The first-order valence-corrected chi connectivity index (χ1v) is 14.3. The number of benzene rings is 2. The van der Waals surface area contributed by atoms with Gasteiger partial charge in [-0.15, -0.1) is 0 Å². The molecule has 0 radical (unpaired) electrons. The summed E-state index contributed by atoms with van der Waals surface area (Å²) in [5.41, 5.74) is 1.26. The zero-order valence-corrected chi connectivity index (χ0v) is 22.5. The Labute approximate surface area is 222 Å². The van der Waals surface area contributed by atoms with Gasteiger partial charge in [0.25, 0.3) is 0 Å². The highest BCUT2D eigenvalue weighted by Crippen LogP contribution is 2.43. The molecule has 2 aromatic rings. The Balaban J connectivity index is 1.38. The van der Waals surface area contributed by atoms with Gasteiger partial charge in [0.15, 0.2) is 17.6 Å². The molecule has 1 aliphatic rings. The van der Waals surface area contributed by atoms with Crippen LogP contribution in [0.1, 0.15) is 114 Å². The Kier molecular flexibility index (Phi) is 12.2. The van der Waals surface area contributed by atoms with Gasteiger partial charge in [0.1, 0.15) is 23.4 Å². The summed E-state index contributed by atoms with van der Waals surface area (Å²) >= 11 is 0. The maximum absolute atomic E-state index is 10.3. The first kappa shape index (κ1) is 29.0. The summed E-state index contributed by atoms with van der Waals surface area (Å²) in [6.45, 7) is 2.85. The van der Waals surface area contributed by atoms with E-state index in [2.05, 4.69) is 6.92 Å². The number of rotatable bonds is 17. The molecule has 6 nitrogen and oxygen atoms in total. The average Bonchev–Trinajstić information content (AvgIpc) is 2.87. The number of ether oxygens (including phenoxy) is 2. The second-order valence-corrected chi connectivity index (χ2v) is 10.4. The van der Waals surface area contributed by atoms with Crippen LogP contribution < -0.4 is 4.74 Å². The SMILES string of the molecule is CCCCCCCCCCCCCCCCOC1Cc2c(O)cc(O)cc2OC1c1ccc(O)c(O)c1. The predicted molar refractivity (Wildman–Crippen MR) is 147 cm³/mol. The molecule has 6 heteroatoms. The first-order valence-electron chi connectivity index (χ1n) is 14.3. The highest BCUT2D eigenvalue weighted by molar-refractivity contribution is 5.52.